The smallest absolute Gasteiger partial charge is 0.0614 e. The highest BCUT2D eigenvalue weighted by molar-refractivity contribution is 5.00. The largest absolute Gasteiger partial charge is 0.394 e. The first-order valence-electron chi connectivity index (χ1n) is 7.78. The van der Waals surface area contributed by atoms with Crippen molar-refractivity contribution in [1.29, 1.82) is 0 Å². The number of hydrogen-bond acceptors (Lipinski definition) is 3. The maximum Gasteiger partial charge on any atom is 0.0614 e. The van der Waals surface area contributed by atoms with E-state index in [4.69, 9.17) is 0 Å². The molecule has 2 unspecified atom stereocenters. The van der Waals surface area contributed by atoms with Crippen molar-refractivity contribution < 1.29 is 5.11 Å². The highest BCUT2D eigenvalue weighted by atomic mass is 16.3. The molecule has 0 spiro atoms. The second-order valence-electron chi connectivity index (χ2n) is 6.58. The Morgan fingerprint density at radius 3 is 2.44 bits per heavy atom. The van der Waals surface area contributed by atoms with Crippen LogP contribution in [0.3, 0.4) is 0 Å². The number of aliphatic hydroxyl groups is 1. The summed E-state index contributed by atoms with van der Waals surface area (Å²) in [6.07, 6.45) is 9.03. The van der Waals surface area contributed by atoms with Crippen molar-refractivity contribution in [2.24, 2.45) is 0 Å². The molecule has 0 aromatic rings. The van der Waals surface area contributed by atoms with Gasteiger partial charge in [0.25, 0.3) is 0 Å². The first-order chi connectivity index (χ1) is 8.65. The maximum absolute atomic E-state index is 9.76. The summed E-state index contributed by atoms with van der Waals surface area (Å²) in [5, 5.41) is 13.4. The molecule has 2 fully saturated rings. The summed E-state index contributed by atoms with van der Waals surface area (Å²) in [6, 6.07) is 1.15. The highest BCUT2D eigenvalue weighted by Gasteiger charge is 2.40. The Balaban J connectivity index is 1.92. The van der Waals surface area contributed by atoms with Crippen LogP contribution >= 0.6 is 0 Å². The summed E-state index contributed by atoms with van der Waals surface area (Å²) in [7, 11) is 0. The summed E-state index contributed by atoms with van der Waals surface area (Å²) in [4.78, 5) is 2.69. The minimum atomic E-state index is -0.00879. The molecule has 0 radical (unpaired) electrons. The quantitative estimate of drug-likeness (QED) is 0.807. The molecule has 2 atom stereocenters. The molecule has 0 bridgehead atoms. The Hall–Kier alpha value is -0.120. The number of rotatable bonds is 4. The summed E-state index contributed by atoms with van der Waals surface area (Å²) >= 11 is 0. The lowest BCUT2D eigenvalue weighted by Crippen LogP contribution is -2.51. The Bertz CT molecular complexity index is 249. The van der Waals surface area contributed by atoms with Crippen molar-refractivity contribution in [3.8, 4) is 0 Å². The SMILES string of the molecule is CC(C)NC1(CO)CCC(N2CCCCCC2)C1. The van der Waals surface area contributed by atoms with Crippen LogP contribution in [0.15, 0.2) is 0 Å². The van der Waals surface area contributed by atoms with E-state index >= 15 is 0 Å². The minimum absolute atomic E-state index is 0.00879. The third-order valence-electron chi connectivity index (χ3n) is 4.64. The third-order valence-corrected chi connectivity index (χ3v) is 4.64. The number of hydrogen-bond donors (Lipinski definition) is 2. The van der Waals surface area contributed by atoms with Gasteiger partial charge in [0, 0.05) is 17.6 Å². The van der Waals surface area contributed by atoms with Crippen molar-refractivity contribution >= 4 is 0 Å². The van der Waals surface area contributed by atoms with Gasteiger partial charge in [-0.15, -0.1) is 0 Å². The number of nitrogens with one attached hydrogen (secondary N) is 1. The predicted octanol–water partition coefficient (Wildman–Crippen LogP) is 2.14. The third kappa shape index (κ3) is 3.46. The van der Waals surface area contributed by atoms with E-state index in [2.05, 4.69) is 24.1 Å². The Labute approximate surface area is 112 Å². The topological polar surface area (TPSA) is 35.5 Å². The molecule has 1 saturated heterocycles. The number of nitrogens with zero attached hydrogens (tertiary/aromatic N) is 1. The molecule has 1 aliphatic heterocycles. The molecule has 1 heterocycles. The fourth-order valence-corrected chi connectivity index (χ4v) is 3.80. The Morgan fingerprint density at radius 1 is 1.22 bits per heavy atom. The molecule has 0 amide bonds. The molecule has 3 heteroatoms. The summed E-state index contributed by atoms with van der Waals surface area (Å²) < 4.78 is 0. The second kappa shape index (κ2) is 6.36. The van der Waals surface area contributed by atoms with Gasteiger partial charge in [0.05, 0.1) is 6.61 Å². The fourth-order valence-electron chi connectivity index (χ4n) is 3.80. The van der Waals surface area contributed by atoms with Crippen LogP contribution in [0, 0.1) is 0 Å². The first-order valence-corrected chi connectivity index (χ1v) is 7.78. The average molecular weight is 254 g/mol. The van der Waals surface area contributed by atoms with Crippen LogP contribution in [0.5, 0.6) is 0 Å². The first kappa shape index (κ1) is 14.3. The van der Waals surface area contributed by atoms with Crippen LogP contribution in [-0.4, -0.2) is 47.3 Å². The second-order valence-corrected chi connectivity index (χ2v) is 6.58. The Kier molecular flexibility index (Phi) is 5.05. The molecule has 106 valence electrons. The van der Waals surface area contributed by atoms with E-state index in [1.165, 1.54) is 45.2 Å². The molecule has 18 heavy (non-hydrogen) atoms. The van der Waals surface area contributed by atoms with E-state index in [1.807, 2.05) is 0 Å². The van der Waals surface area contributed by atoms with Crippen molar-refractivity contribution in [3.63, 3.8) is 0 Å². The lowest BCUT2D eigenvalue weighted by Gasteiger charge is -2.33. The summed E-state index contributed by atoms with van der Waals surface area (Å²) in [5.74, 6) is 0. The van der Waals surface area contributed by atoms with E-state index in [0.29, 0.717) is 12.1 Å². The molecule has 0 aromatic heterocycles. The molecule has 2 N–H and O–H groups in total. The zero-order valence-corrected chi connectivity index (χ0v) is 12.1. The molecule has 2 rings (SSSR count). The molecule has 1 saturated carbocycles. The predicted molar refractivity (Wildman–Crippen MR) is 75.8 cm³/mol. The van der Waals surface area contributed by atoms with Gasteiger partial charge >= 0.3 is 0 Å². The molecule has 2 aliphatic rings. The summed E-state index contributed by atoms with van der Waals surface area (Å²) in [5.41, 5.74) is -0.00879. The lowest BCUT2D eigenvalue weighted by atomic mass is 9.97. The standard InChI is InChI=1S/C15H30N2O/c1-13(2)16-15(12-18)8-7-14(11-15)17-9-5-3-4-6-10-17/h13-14,16,18H,3-12H2,1-2H3. The van der Waals surface area contributed by atoms with Gasteiger partial charge in [-0.1, -0.05) is 26.7 Å². The average Bonchev–Trinajstić information content (AvgIpc) is 2.59. The maximum atomic E-state index is 9.76. The van der Waals surface area contributed by atoms with Crippen molar-refractivity contribution in [1.82, 2.24) is 10.2 Å². The van der Waals surface area contributed by atoms with E-state index in [9.17, 15) is 5.11 Å². The minimum Gasteiger partial charge on any atom is -0.394 e. The van der Waals surface area contributed by atoms with Crippen LogP contribution in [0.4, 0.5) is 0 Å². The number of likely N-dealkylation sites (tertiary alicyclic amines) is 1. The van der Waals surface area contributed by atoms with Crippen LogP contribution in [0.25, 0.3) is 0 Å². The monoisotopic (exact) mass is 254 g/mol. The van der Waals surface area contributed by atoms with E-state index < -0.39 is 0 Å². The zero-order valence-electron chi connectivity index (χ0n) is 12.1. The highest BCUT2D eigenvalue weighted by Crippen LogP contribution is 2.34. The van der Waals surface area contributed by atoms with Crippen LogP contribution in [0.1, 0.15) is 58.8 Å². The van der Waals surface area contributed by atoms with Crippen molar-refractivity contribution in [2.45, 2.75) is 76.4 Å². The van der Waals surface area contributed by atoms with Gasteiger partial charge in [0.2, 0.25) is 0 Å². The molecule has 0 aromatic carbocycles. The van der Waals surface area contributed by atoms with Gasteiger partial charge in [-0.05, 0) is 45.2 Å². The lowest BCUT2D eigenvalue weighted by molar-refractivity contribution is 0.136. The van der Waals surface area contributed by atoms with Gasteiger partial charge in [0.15, 0.2) is 0 Å². The number of aliphatic hydroxyl groups excluding tert-OH is 1. The van der Waals surface area contributed by atoms with E-state index in [1.54, 1.807) is 0 Å². The molecule has 3 nitrogen and oxygen atoms in total. The van der Waals surface area contributed by atoms with Crippen molar-refractivity contribution in [2.75, 3.05) is 19.7 Å². The Morgan fingerprint density at radius 2 is 1.89 bits per heavy atom. The van der Waals surface area contributed by atoms with Crippen LogP contribution in [0.2, 0.25) is 0 Å². The van der Waals surface area contributed by atoms with Crippen LogP contribution < -0.4 is 5.32 Å². The normalized spacial score (nSPS) is 35.0. The van der Waals surface area contributed by atoms with Crippen molar-refractivity contribution in [3.05, 3.63) is 0 Å². The van der Waals surface area contributed by atoms with Gasteiger partial charge in [-0.3, -0.25) is 0 Å². The van der Waals surface area contributed by atoms with E-state index in [-0.39, 0.29) is 12.1 Å². The summed E-state index contributed by atoms with van der Waals surface area (Å²) in [6.45, 7) is 7.19. The zero-order chi connectivity index (χ0) is 13.0. The van der Waals surface area contributed by atoms with Gasteiger partial charge in [-0.25, -0.2) is 0 Å². The molecular weight excluding hydrogens is 224 g/mol. The van der Waals surface area contributed by atoms with Gasteiger partial charge in [-0.2, -0.15) is 0 Å². The van der Waals surface area contributed by atoms with E-state index in [0.717, 1.165) is 12.8 Å². The molecule has 1 aliphatic carbocycles. The van der Waals surface area contributed by atoms with Gasteiger partial charge < -0.3 is 15.3 Å². The molecular formula is C15H30N2O. The van der Waals surface area contributed by atoms with Crippen LogP contribution in [-0.2, 0) is 0 Å². The van der Waals surface area contributed by atoms with Gasteiger partial charge in [0.1, 0.15) is 0 Å². The fraction of sp³-hybridized carbons (Fsp3) is 1.00.